The van der Waals surface area contributed by atoms with Crippen molar-refractivity contribution in [2.24, 2.45) is 11.8 Å². The van der Waals surface area contributed by atoms with E-state index in [1.807, 2.05) is 0 Å². The molecule has 0 aromatic heterocycles. The van der Waals surface area contributed by atoms with Crippen molar-refractivity contribution in [3.8, 4) is 11.5 Å². The molecule has 2 nitrogen and oxygen atoms in total. The number of aromatic hydroxyl groups is 2. The van der Waals surface area contributed by atoms with Crippen LogP contribution in [0.3, 0.4) is 0 Å². The molecule has 2 N–H and O–H groups in total. The van der Waals surface area contributed by atoms with Gasteiger partial charge in [-0.05, 0) is 77.8 Å². The smallest absolute Gasteiger partial charge is 0.115 e. The summed E-state index contributed by atoms with van der Waals surface area (Å²) in [6.45, 7) is 7.00. The zero-order chi connectivity index (χ0) is 17.3. The molecule has 1 aliphatic carbocycles. The van der Waals surface area contributed by atoms with Crippen LogP contribution in [0, 0.1) is 11.8 Å². The Kier molecular flexibility index (Phi) is 4.58. The first kappa shape index (κ1) is 16.9. The molecule has 0 bridgehead atoms. The van der Waals surface area contributed by atoms with Crippen LogP contribution in [-0.2, 0) is 5.41 Å². The summed E-state index contributed by atoms with van der Waals surface area (Å²) >= 11 is 0. The van der Waals surface area contributed by atoms with Crippen LogP contribution in [0.2, 0.25) is 0 Å². The number of benzene rings is 2. The maximum absolute atomic E-state index is 9.56. The average Bonchev–Trinajstić information content (AvgIpc) is 2.56. The first-order chi connectivity index (χ1) is 11.4. The molecule has 0 saturated heterocycles. The lowest BCUT2D eigenvalue weighted by atomic mass is 9.62. The SMILES string of the molecule is C[C@H]1CC[C@H](C(C)(C)c2ccc(O)cc2)C[C@@H]1c1ccc(O)cc1. The van der Waals surface area contributed by atoms with E-state index in [-0.39, 0.29) is 5.41 Å². The van der Waals surface area contributed by atoms with Crippen molar-refractivity contribution in [1.29, 1.82) is 0 Å². The van der Waals surface area contributed by atoms with E-state index in [0.29, 0.717) is 29.3 Å². The number of phenolic OH excluding ortho intramolecular Hbond substituents is 2. The van der Waals surface area contributed by atoms with E-state index >= 15 is 0 Å². The molecular weight excluding hydrogens is 296 g/mol. The minimum Gasteiger partial charge on any atom is -0.508 e. The van der Waals surface area contributed by atoms with Gasteiger partial charge >= 0.3 is 0 Å². The molecule has 24 heavy (non-hydrogen) atoms. The van der Waals surface area contributed by atoms with Crippen LogP contribution in [0.15, 0.2) is 48.5 Å². The summed E-state index contributed by atoms with van der Waals surface area (Å²) in [5.74, 6) is 2.48. The highest BCUT2D eigenvalue weighted by Gasteiger charge is 2.38. The third kappa shape index (κ3) is 3.28. The lowest BCUT2D eigenvalue weighted by Gasteiger charge is -2.43. The van der Waals surface area contributed by atoms with Gasteiger partial charge in [0.25, 0.3) is 0 Å². The predicted octanol–water partition coefficient (Wildman–Crippen LogP) is 5.60. The number of rotatable bonds is 3. The van der Waals surface area contributed by atoms with Gasteiger partial charge in [0.1, 0.15) is 11.5 Å². The molecule has 2 aromatic carbocycles. The molecule has 1 fully saturated rings. The van der Waals surface area contributed by atoms with Crippen molar-refractivity contribution in [2.45, 2.75) is 51.4 Å². The Morgan fingerprint density at radius 2 is 1.38 bits per heavy atom. The van der Waals surface area contributed by atoms with E-state index in [1.165, 1.54) is 30.4 Å². The first-order valence-electron chi connectivity index (χ1n) is 8.96. The topological polar surface area (TPSA) is 40.5 Å². The second-order valence-electron chi connectivity index (χ2n) is 7.95. The average molecular weight is 324 g/mol. The van der Waals surface area contributed by atoms with Crippen molar-refractivity contribution in [2.75, 3.05) is 0 Å². The van der Waals surface area contributed by atoms with Crippen LogP contribution in [0.5, 0.6) is 11.5 Å². The summed E-state index contributed by atoms with van der Waals surface area (Å²) in [5.41, 5.74) is 2.72. The van der Waals surface area contributed by atoms with Gasteiger partial charge in [-0.2, -0.15) is 0 Å². The minimum absolute atomic E-state index is 0.0863. The first-order valence-corrected chi connectivity index (χ1v) is 8.96. The molecule has 2 aromatic rings. The molecule has 0 spiro atoms. The van der Waals surface area contributed by atoms with Gasteiger partial charge in [0.15, 0.2) is 0 Å². The maximum atomic E-state index is 9.56. The quantitative estimate of drug-likeness (QED) is 0.772. The summed E-state index contributed by atoms with van der Waals surface area (Å²) in [5, 5.41) is 19.1. The van der Waals surface area contributed by atoms with Crippen molar-refractivity contribution in [3.63, 3.8) is 0 Å². The molecule has 1 aliphatic rings. The van der Waals surface area contributed by atoms with Gasteiger partial charge < -0.3 is 10.2 Å². The second kappa shape index (κ2) is 6.51. The van der Waals surface area contributed by atoms with Gasteiger partial charge in [0, 0.05) is 0 Å². The van der Waals surface area contributed by atoms with Gasteiger partial charge in [-0.3, -0.25) is 0 Å². The van der Waals surface area contributed by atoms with E-state index in [1.54, 1.807) is 24.3 Å². The molecule has 1 saturated carbocycles. The highest BCUT2D eigenvalue weighted by atomic mass is 16.3. The Bertz CT molecular complexity index is 670. The molecule has 0 radical (unpaired) electrons. The highest BCUT2D eigenvalue weighted by molar-refractivity contribution is 5.33. The van der Waals surface area contributed by atoms with E-state index in [9.17, 15) is 10.2 Å². The molecule has 0 unspecified atom stereocenters. The second-order valence-corrected chi connectivity index (χ2v) is 7.95. The molecule has 2 heteroatoms. The molecule has 128 valence electrons. The summed E-state index contributed by atoms with van der Waals surface area (Å²) in [6.07, 6.45) is 3.64. The van der Waals surface area contributed by atoms with E-state index in [0.717, 1.165) is 0 Å². The lowest BCUT2D eigenvalue weighted by molar-refractivity contribution is 0.177. The molecule has 0 amide bonds. The molecule has 0 heterocycles. The summed E-state index contributed by atoms with van der Waals surface area (Å²) < 4.78 is 0. The fourth-order valence-electron chi connectivity index (χ4n) is 4.29. The standard InChI is InChI=1S/C22H28O2/c1-15-4-7-18(14-21(15)16-5-10-19(23)11-6-16)22(2,3)17-8-12-20(24)13-9-17/h5-6,8-13,15,18,21,23-24H,4,7,14H2,1-3H3/t15-,18-,21-/m0/s1. The Morgan fingerprint density at radius 3 is 1.96 bits per heavy atom. The largest absolute Gasteiger partial charge is 0.508 e. The fraction of sp³-hybridized carbons (Fsp3) is 0.455. The summed E-state index contributed by atoms with van der Waals surface area (Å²) in [4.78, 5) is 0. The van der Waals surface area contributed by atoms with E-state index in [2.05, 4.69) is 45.0 Å². The van der Waals surface area contributed by atoms with Crippen molar-refractivity contribution in [1.82, 2.24) is 0 Å². The van der Waals surface area contributed by atoms with Crippen LogP contribution in [0.1, 0.15) is 57.1 Å². The molecule has 3 atom stereocenters. The van der Waals surface area contributed by atoms with E-state index < -0.39 is 0 Å². The monoisotopic (exact) mass is 324 g/mol. The van der Waals surface area contributed by atoms with Crippen molar-refractivity contribution < 1.29 is 10.2 Å². The van der Waals surface area contributed by atoms with E-state index in [4.69, 9.17) is 0 Å². The van der Waals surface area contributed by atoms with Gasteiger partial charge in [-0.15, -0.1) is 0 Å². The van der Waals surface area contributed by atoms with Crippen molar-refractivity contribution >= 4 is 0 Å². The Labute approximate surface area is 145 Å². The third-order valence-electron chi connectivity index (χ3n) is 6.15. The fourth-order valence-corrected chi connectivity index (χ4v) is 4.29. The van der Waals surface area contributed by atoms with Crippen LogP contribution in [-0.4, -0.2) is 10.2 Å². The van der Waals surface area contributed by atoms with Crippen molar-refractivity contribution in [3.05, 3.63) is 59.7 Å². The third-order valence-corrected chi connectivity index (χ3v) is 6.15. The lowest BCUT2D eigenvalue weighted by Crippen LogP contribution is -2.34. The maximum Gasteiger partial charge on any atom is 0.115 e. The zero-order valence-electron chi connectivity index (χ0n) is 14.9. The zero-order valence-corrected chi connectivity index (χ0v) is 14.9. The number of phenols is 2. The van der Waals surface area contributed by atoms with Gasteiger partial charge in [-0.1, -0.05) is 45.0 Å². The molecule has 3 rings (SSSR count). The number of hydrogen-bond donors (Lipinski definition) is 2. The Balaban J connectivity index is 1.84. The van der Waals surface area contributed by atoms with Crippen LogP contribution < -0.4 is 0 Å². The highest BCUT2D eigenvalue weighted by Crippen LogP contribution is 2.48. The van der Waals surface area contributed by atoms with Gasteiger partial charge in [0.2, 0.25) is 0 Å². The molecule has 0 aliphatic heterocycles. The molecular formula is C22H28O2. The van der Waals surface area contributed by atoms with Crippen LogP contribution >= 0.6 is 0 Å². The normalized spacial score (nSPS) is 24.7. The van der Waals surface area contributed by atoms with Crippen LogP contribution in [0.4, 0.5) is 0 Å². The predicted molar refractivity (Wildman–Crippen MR) is 98.5 cm³/mol. The minimum atomic E-state index is 0.0863. The summed E-state index contributed by atoms with van der Waals surface area (Å²) in [7, 11) is 0. The Morgan fingerprint density at radius 1 is 0.833 bits per heavy atom. The van der Waals surface area contributed by atoms with Gasteiger partial charge in [0.05, 0.1) is 0 Å². The van der Waals surface area contributed by atoms with Gasteiger partial charge in [-0.25, -0.2) is 0 Å². The Hall–Kier alpha value is -1.96. The number of hydrogen-bond acceptors (Lipinski definition) is 2. The summed E-state index contributed by atoms with van der Waals surface area (Å²) in [6, 6.07) is 15.5. The van der Waals surface area contributed by atoms with Crippen LogP contribution in [0.25, 0.3) is 0 Å².